The number of aromatic nitrogens is 1. The molecular weight excluding hydrogens is 282 g/mol. The third kappa shape index (κ3) is 3.51. The van der Waals surface area contributed by atoms with E-state index >= 15 is 0 Å². The van der Waals surface area contributed by atoms with Crippen molar-refractivity contribution in [2.45, 2.75) is 32.6 Å². The second-order valence-electron chi connectivity index (χ2n) is 4.83. The van der Waals surface area contributed by atoms with Crippen LogP contribution >= 0.6 is 0 Å². The van der Waals surface area contributed by atoms with Gasteiger partial charge in [-0.3, -0.25) is 10.3 Å². The van der Waals surface area contributed by atoms with E-state index in [1.807, 2.05) is 13.0 Å². The Morgan fingerprint density at radius 2 is 2.00 bits per heavy atom. The number of nitrogens with two attached hydrogens (primary N) is 1. The highest BCUT2D eigenvalue weighted by Gasteiger charge is 2.22. The lowest BCUT2D eigenvalue weighted by molar-refractivity contribution is -0.850. The van der Waals surface area contributed by atoms with Crippen molar-refractivity contribution >= 4 is 21.9 Å². The first kappa shape index (κ1) is 14.9. The molecular formula is C12H20N3O4S+. The van der Waals surface area contributed by atoms with Gasteiger partial charge in [-0.25, -0.2) is 0 Å². The summed E-state index contributed by atoms with van der Waals surface area (Å²) in [6.45, 7) is 3.79. The van der Waals surface area contributed by atoms with Crippen LogP contribution in [0.3, 0.4) is 0 Å². The second kappa shape index (κ2) is 5.84. The van der Waals surface area contributed by atoms with Gasteiger partial charge in [-0.15, -0.1) is 0 Å². The number of nitrogen functional groups attached to an aromatic ring is 1. The smallest absolute Gasteiger partial charge is 0.371 e. The number of hydrogen-bond donors (Lipinski definition) is 2. The van der Waals surface area contributed by atoms with Gasteiger partial charge in [0.25, 0.3) is 0 Å². The fourth-order valence-corrected chi connectivity index (χ4v) is 2.78. The first-order chi connectivity index (χ1) is 9.40. The zero-order valence-corrected chi connectivity index (χ0v) is 12.3. The summed E-state index contributed by atoms with van der Waals surface area (Å²) in [6.07, 6.45) is 4.03. The maximum absolute atomic E-state index is 10.9. The Labute approximate surface area is 118 Å². The van der Waals surface area contributed by atoms with Gasteiger partial charge in [0, 0.05) is 31.3 Å². The molecule has 0 saturated carbocycles. The molecule has 112 valence electrons. The second-order valence-corrected chi connectivity index (χ2v) is 5.83. The normalized spacial score (nSPS) is 16.2. The molecule has 1 aromatic rings. The van der Waals surface area contributed by atoms with Crippen molar-refractivity contribution in [3.05, 3.63) is 17.8 Å². The van der Waals surface area contributed by atoms with E-state index in [2.05, 4.69) is 9.18 Å². The summed E-state index contributed by atoms with van der Waals surface area (Å²) in [5.41, 5.74) is 7.39. The molecule has 0 bridgehead atoms. The number of pyridine rings is 1. The minimum absolute atomic E-state index is 0.141. The fourth-order valence-electron chi connectivity index (χ4n) is 2.41. The van der Waals surface area contributed by atoms with Gasteiger partial charge in [-0.2, -0.15) is 12.7 Å². The topological polar surface area (TPSA) is 96.7 Å². The highest BCUT2D eigenvalue weighted by atomic mass is 32.3. The van der Waals surface area contributed by atoms with Gasteiger partial charge in [0.15, 0.2) is 5.69 Å². The van der Waals surface area contributed by atoms with Crippen LogP contribution in [0, 0.1) is 0 Å². The number of hydrogen-bond acceptors (Lipinski definition) is 5. The molecule has 0 unspecified atom stereocenters. The largest absolute Gasteiger partial charge is 0.482 e. The first-order valence-corrected chi connectivity index (χ1v) is 8.04. The molecule has 2 rings (SSSR count). The lowest BCUT2D eigenvalue weighted by atomic mass is 10.1. The first-order valence-electron chi connectivity index (χ1n) is 6.67. The standard InChI is InChI=1S/C12H19N3O4S/c1-2-10-8-11(14-6-4-3-5-7-14)9-12(13)15(10)19-20(16,17)18/h8-9,13H,2-7H2,1H3,(H,16,17,18)/p+1. The minimum Gasteiger partial charge on any atom is -0.371 e. The van der Waals surface area contributed by atoms with Crippen LogP contribution in [0.1, 0.15) is 31.9 Å². The molecule has 0 radical (unpaired) electrons. The molecule has 1 aliphatic rings. The van der Waals surface area contributed by atoms with Gasteiger partial charge in [0.2, 0.25) is 0 Å². The van der Waals surface area contributed by atoms with Crippen LogP contribution in [0.4, 0.5) is 11.5 Å². The molecule has 7 nitrogen and oxygen atoms in total. The predicted molar refractivity (Wildman–Crippen MR) is 74.6 cm³/mol. The van der Waals surface area contributed by atoms with E-state index in [-0.39, 0.29) is 5.82 Å². The number of rotatable bonds is 4. The van der Waals surface area contributed by atoms with Gasteiger partial charge < -0.3 is 4.90 Å². The number of nitrogens with zero attached hydrogens (tertiary/aromatic N) is 2. The Kier molecular flexibility index (Phi) is 4.34. The van der Waals surface area contributed by atoms with Crippen molar-refractivity contribution in [2.75, 3.05) is 23.7 Å². The van der Waals surface area contributed by atoms with Crippen molar-refractivity contribution in [1.29, 1.82) is 0 Å². The maximum Gasteiger partial charge on any atom is 0.482 e. The molecule has 1 saturated heterocycles. The van der Waals surface area contributed by atoms with Gasteiger partial charge in [-0.1, -0.05) is 6.92 Å². The molecule has 0 amide bonds. The van der Waals surface area contributed by atoms with E-state index in [0.29, 0.717) is 12.1 Å². The summed E-state index contributed by atoms with van der Waals surface area (Å²) in [4.78, 5) is 2.22. The minimum atomic E-state index is -4.60. The number of piperidine rings is 1. The van der Waals surface area contributed by atoms with Gasteiger partial charge in [-0.05, 0) is 24.0 Å². The monoisotopic (exact) mass is 302 g/mol. The summed E-state index contributed by atoms with van der Waals surface area (Å²) in [6, 6.07) is 3.50. The zero-order chi connectivity index (χ0) is 14.8. The molecule has 1 aromatic heterocycles. The maximum atomic E-state index is 10.9. The van der Waals surface area contributed by atoms with Crippen molar-refractivity contribution in [3.63, 3.8) is 0 Å². The Bertz CT molecular complexity index is 583. The van der Waals surface area contributed by atoms with Gasteiger partial charge in [0.1, 0.15) is 0 Å². The molecule has 1 fully saturated rings. The van der Waals surface area contributed by atoms with Gasteiger partial charge in [0.05, 0.1) is 6.07 Å². The quantitative estimate of drug-likeness (QED) is 0.615. The van der Waals surface area contributed by atoms with Crippen LogP contribution in [0.15, 0.2) is 12.1 Å². The number of aryl methyl sites for hydroxylation is 1. The van der Waals surface area contributed by atoms with Gasteiger partial charge >= 0.3 is 16.2 Å². The summed E-state index contributed by atoms with van der Waals surface area (Å²) in [5.74, 6) is 0.141. The highest BCUT2D eigenvalue weighted by molar-refractivity contribution is 7.80. The highest BCUT2D eigenvalue weighted by Crippen LogP contribution is 2.21. The lowest BCUT2D eigenvalue weighted by Crippen LogP contribution is -2.51. The van der Waals surface area contributed by atoms with E-state index in [9.17, 15) is 8.42 Å². The Hall–Kier alpha value is -1.54. The van der Waals surface area contributed by atoms with Crippen LogP contribution in [0.25, 0.3) is 0 Å². The van der Waals surface area contributed by atoms with E-state index in [4.69, 9.17) is 10.3 Å². The summed E-state index contributed by atoms with van der Waals surface area (Å²) < 4.78 is 35.9. The van der Waals surface area contributed by atoms with Crippen LogP contribution in [-0.2, 0) is 16.8 Å². The molecule has 8 heteroatoms. The van der Waals surface area contributed by atoms with Crippen LogP contribution < -0.4 is 19.6 Å². The molecule has 1 aliphatic heterocycles. The SMILES string of the molecule is CCc1cc(N2CCCCC2)cc(N)[n+]1OS(=O)(=O)O. The average molecular weight is 302 g/mol. The average Bonchev–Trinajstić information content (AvgIpc) is 2.40. The number of anilines is 2. The van der Waals surface area contributed by atoms with Crippen molar-refractivity contribution < 1.29 is 22.0 Å². The molecule has 2 heterocycles. The zero-order valence-electron chi connectivity index (χ0n) is 11.4. The summed E-state index contributed by atoms with van der Waals surface area (Å²) in [7, 11) is -4.60. The van der Waals surface area contributed by atoms with Crippen molar-refractivity contribution in [2.24, 2.45) is 0 Å². The van der Waals surface area contributed by atoms with Crippen LogP contribution in [0.2, 0.25) is 0 Å². The molecule has 3 N–H and O–H groups in total. The van der Waals surface area contributed by atoms with Crippen molar-refractivity contribution in [1.82, 2.24) is 0 Å². The summed E-state index contributed by atoms with van der Waals surface area (Å²) >= 11 is 0. The van der Waals surface area contributed by atoms with Crippen LogP contribution in [0.5, 0.6) is 0 Å². The molecule has 0 aromatic carbocycles. The molecule has 20 heavy (non-hydrogen) atoms. The van der Waals surface area contributed by atoms with E-state index < -0.39 is 10.4 Å². The lowest BCUT2D eigenvalue weighted by Gasteiger charge is -2.28. The third-order valence-electron chi connectivity index (χ3n) is 3.36. The fraction of sp³-hybridized carbons (Fsp3) is 0.583. The van der Waals surface area contributed by atoms with Crippen LogP contribution in [-0.4, -0.2) is 26.1 Å². The molecule has 0 spiro atoms. The van der Waals surface area contributed by atoms with Crippen molar-refractivity contribution in [3.8, 4) is 0 Å². The van der Waals surface area contributed by atoms with E-state index in [1.165, 1.54) is 6.42 Å². The van der Waals surface area contributed by atoms with E-state index in [0.717, 1.165) is 36.3 Å². The predicted octanol–water partition coefficient (Wildman–Crippen LogP) is 0.340. The Morgan fingerprint density at radius 3 is 2.55 bits per heavy atom. The molecule has 0 atom stereocenters. The van der Waals surface area contributed by atoms with E-state index in [1.54, 1.807) is 6.07 Å². The summed E-state index contributed by atoms with van der Waals surface area (Å²) in [5, 5.41) is 0. The Balaban J connectivity index is 2.36. The third-order valence-corrected chi connectivity index (χ3v) is 3.70. The Morgan fingerprint density at radius 1 is 1.35 bits per heavy atom. The molecule has 0 aliphatic carbocycles.